The van der Waals surface area contributed by atoms with Crippen molar-refractivity contribution in [3.63, 3.8) is 0 Å². The summed E-state index contributed by atoms with van der Waals surface area (Å²) in [4.78, 5) is 28.4. The molecule has 1 heterocycles. The molecule has 3 amide bonds. The molecule has 0 unspecified atom stereocenters. The molecule has 1 aliphatic rings. The van der Waals surface area contributed by atoms with Gasteiger partial charge in [0.2, 0.25) is 5.91 Å². The number of amides is 3. The highest BCUT2D eigenvalue weighted by Crippen LogP contribution is 2.12. The largest absolute Gasteiger partial charge is 0.339 e. The van der Waals surface area contributed by atoms with E-state index in [-0.39, 0.29) is 11.9 Å². The van der Waals surface area contributed by atoms with Gasteiger partial charge in [0, 0.05) is 37.7 Å². The van der Waals surface area contributed by atoms with Gasteiger partial charge in [-0.25, -0.2) is 4.79 Å². The second-order valence-corrected chi connectivity index (χ2v) is 7.25. The smallest absolute Gasteiger partial charge is 0.317 e. The molecule has 27 heavy (non-hydrogen) atoms. The summed E-state index contributed by atoms with van der Waals surface area (Å²) < 4.78 is 0. The first-order valence-corrected chi connectivity index (χ1v) is 9.49. The molecule has 2 aromatic carbocycles. The van der Waals surface area contributed by atoms with Crippen LogP contribution in [0.4, 0.5) is 4.79 Å². The molecule has 0 aromatic heterocycles. The van der Waals surface area contributed by atoms with Gasteiger partial charge >= 0.3 is 6.03 Å². The van der Waals surface area contributed by atoms with Crippen molar-refractivity contribution in [3.05, 3.63) is 70.2 Å². The van der Waals surface area contributed by atoms with E-state index >= 15 is 0 Å². The summed E-state index contributed by atoms with van der Waals surface area (Å²) in [5.74, 6) is 0.0806. The lowest BCUT2D eigenvalue weighted by atomic mass is 10.1. The number of rotatable bonds is 4. The molecule has 1 N–H and O–H groups in total. The molecule has 142 valence electrons. The van der Waals surface area contributed by atoms with Crippen LogP contribution in [-0.2, 0) is 17.8 Å². The quantitative estimate of drug-likeness (QED) is 0.878. The van der Waals surface area contributed by atoms with Crippen LogP contribution in [0.2, 0.25) is 5.02 Å². The second-order valence-electron chi connectivity index (χ2n) is 6.82. The van der Waals surface area contributed by atoms with E-state index in [1.165, 1.54) is 5.56 Å². The van der Waals surface area contributed by atoms with Gasteiger partial charge in [0.25, 0.3) is 0 Å². The third kappa shape index (κ3) is 5.47. The van der Waals surface area contributed by atoms with Gasteiger partial charge in [0.15, 0.2) is 0 Å². The van der Waals surface area contributed by atoms with Crippen LogP contribution < -0.4 is 5.32 Å². The van der Waals surface area contributed by atoms with E-state index in [9.17, 15) is 9.59 Å². The van der Waals surface area contributed by atoms with E-state index in [0.29, 0.717) is 44.2 Å². The molecule has 1 aliphatic heterocycles. The summed E-state index contributed by atoms with van der Waals surface area (Å²) in [5, 5.41) is 3.61. The van der Waals surface area contributed by atoms with Crippen LogP contribution in [0, 0.1) is 6.92 Å². The molecule has 3 rings (SSSR count). The van der Waals surface area contributed by atoms with E-state index < -0.39 is 0 Å². The third-order valence-electron chi connectivity index (χ3n) is 4.75. The maximum atomic E-state index is 12.4. The number of aryl methyl sites for hydroxylation is 1. The van der Waals surface area contributed by atoms with Crippen LogP contribution in [0.15, 0.2) is 48.5 Å². The van der Waals surface area contributed by atoms with E-state index in [2.05, 4.69) is 5.32 Å². The number of carbonyl (C=O) groups excluding carboxylic acids is 2. The molecule has 0 bridgehead atoms. The lowest BCUT2D eigenvalue weighted by molar-refractivity contribution is -0.131. The Morgan fingerprint density at radius 3 is 2.07 bits per heavy atom. The molecule has 0 spiro atoms. The van der Waals surface area contributed by atoms with Crippen LogP contribution in [0.1, 0.15) is 16.7 Å². The zero-order chi connectivity index (χ0) is 19.2. The number of urea groups is 1. The monoisotopic (exact) mass is 385 g/mol. The minimum Gasteiger partial charge on any atom is -0.339 e. The fraction of sp³-hybridized carbons (Fsp3) is 0.333. The summed E-state index contributed by atoms with van der Waals surface area (Å²) >= 11 is 5.88. The molecule has 1 saturated heterocycles. The Morgan fingerprint density at radius 2 is 1.44 bits per heavy atom. The van der Waals surface area contributed by atoms with Gasteiger partial charge in [-0.3, -0.25) is 4.79 Å². The summed E-state index contributed by atoms with van der Waals surface area (Å²) in [6.07, 6.45) is 0.358. The number of hydrogen-bond acceptors (Lipinski definition) is 2. The molecule has 0 radical (unpaired) electrons. The highest BCUT2D eigenvalue weighted by atomic mass is 35.5. The van der Waals surface area contributed by atoms with Crippen LogP contribution in [0.5, 0.6) is 0 Å². The van der Waals surface area contributed by atoms with Crippen molar-refractivity contribution in [3.8, 4) is 0 Å². The Balaban J connectivity index is 1.43. The second kappa shape index (κ2) is 8.91. The third-order valence-corrected chi connectivity index (χ3v) is 5.00. The maximum Gasteiger partial charge on any atom is 0.317 e. The highest BCUT2D eigenvalue weighted by Gasteiger charge is 2.23. The topological polar surface area (TPSA) is 52.7 Å². The SMILES string of the molecule is Cc1ccc(CNC(=O)N2CCN(C(=O)Cc3ccc(Cl)cc3)CC2)cc1. The molecular weight excluding hydrogens is 362 g/mol. The normalized spacial score (nSPS) is 14.1. The van der Waals surface area contributed by atoms with Gasteiger partial charge in [-0.05, 0) is 30.2 Å². The van der Waals surface area contributed by atoms with Crippen molar-refractivity contribution in [1.29, 1.82) is 0 Å². The van der Waals surface area contributed by atoms with Crippen molar-refractivity contribution < 1.29 is 9.59 Å². The van der Waals surface area contributed by atoms with Crippen LogP contribution >= 0.6 is 11.6 Å². The van der Waals surface area contributed by atoms with Crippen LogP contribution in [0.3, 0.4) is 0 Å². The highest BCUT2D eigenvalue weighted by molar-refractivity contribution is 6.30. The molecular formula is C21H24ClN3O2. The summed E-state index contributed by atoms with van der Waals surface area (Å²) in [6, 6.07) is 15.3. The van der Waals surface area contributed by atoms with Gasteiger partial charge < -0.3 is 15.1 Å². The fourth-order valence-electron chi connectivity index (χ4n) is 3.04. The standard InChI is InChI=1S/C21H24ClN3O2/c1-16-2-4-18(5-3-16)15-23-21(27)25-12-10-24(11-13-25)20(26)14-17-6-8-19(22)9-7-17/h2-9H,10-15H2,1H3,(H,23,27). The molecule has 1 fully saturated rings. The van der Waals surface area contributed by atoms with Gasteiger partial charge in [0.05, 0.1) is 6.42 Å². The zero-order valence-electron chi connectivity index (χ0n) is 15.5. The van der Waals surface area contributed by atoms with Crippen molar-refractivity contribution >= 4 is 23.5 Å². The van der Waals surface area contributed by atoms with Crippen molar-refractivity contribution in [2.75, 3.05) is 26.2 Å². The molecule has 0 saturated carbocycles. The zero-order valence-corrected chi connectivity index (χ0v) is 16.2. The minimum absolute atomic E-state index is 0.0806. The number of nitrogens with zero attached hydrogens (tertiary/aromatic N) is 2. The predicted molar refractivity (Wildman–Crippen MR) is 107 cm³/mol. The molecule has 6 heteroatoms. The molecule has 2 aromatic rings. The predicted octanol–water partition coefficient (Wildman–Crippen LogP) is 3.24. The lowest BCUT2D eigenvalue weighted by Crippen LogP contribution is -2.53. The lowest BCUT2D eigenvalue weighted by Gasteiger charge is -2.34. The van der Waals surface area contributed by atoms with Gasteiger partial charge in [-0.15, -0.1) is 0 Å². The van der Waals surface area contributed by atoms with Gasteiger partial charge in [-0.2, -0.15) is 0 Å². The van der Waals surface area contributed by atoms with E-state index in [1.54, 1.807) is 17.0 Å². The van der Waals surface area contributed by atoms with Crippen LogP contribution in [0.25, 0.3) is 0 Å². The molecule has 5 nitrogen and oxygen atoms in total. The number of nitrogens with one attached hydrogen (secondary N) is 1. The van der Waals surface area contributed by atoms with Crippen molar-refractivity contribution in [2.24, 2.45) is 0 Å². The molecule has 0 atom stereocenters. The minimum atomic E-state index is -0.0830. The number of halogens is 1. The number of benzene rings is 2. The van der Waals surface area contributed by atoms with E-state index in [1.807, 2.05) is 48.2 Å². The number of carbonyl (C=O) groups is 2. The van der Waals surface area contributed by atoms with Gasteiger partial charge in [-0.1, -0.05) is 53.6 Å². The van der Waals surface area contributed by atoms with Crippen LogP contribution in [-0.4, -0.2) is 47.9 Å². The summed E-state index contributed by atoms with van der Waals surface area (Å²) in [7, 11) is 0. The fourth-order valence-corrected chi connectivity index (χ4v) is 3.17. The summed E-state index contributed by atoms with van der Waals surface area (Å²) in [5.41, 5.74) is 3.22. The Morgan fingerprint density at radius 1 is 0.889 bits per heavy atom. The Labute approximate surface area is 164 Å². The average Bonchev–Trinajstić information content (AvgIpc) is 2.69. The van der Waals surface area contributed by atoms with Gasteiger partial charge in [0.1, 0.15) is 0 Å². The first-order valence-electron chi connectivity index (χ1n) is 9.12. The Bertz CT molecular complexity index is 782. The first-order chi connectivity index (χ1) is 13.0. The molecule has 0 aliphatic carbocycles. The van der Waals surface area contributed by atoms with Crippen molar-refractivity contribution in [1.82, 2.24) is 15.1 Å². The Hall–Kier alpha value is -2.53. The number of piperazine rings is 1. The number of hydrogen-bond donors (Lipinski definition) is 1. The maximum absolute atomic E-state index is 12.4. The average molecular weight is 386 g/mol. The van der Waals surface area contributed by atoms with E-state index in [0.717, 1.165) is 11.1 Å². The van der Waals surface area contributed by atoms with E-state index in [4.69, 9.17) is 11.6 Å². The summed E-state index contributed by atoms with van der Waals surface area (Å²) in [6.45, 7) is 4.76. The first kappa shape index (κ1) is 19.2. The Kier molecular flexibility index (Phi) is 6.35. The van der Waals surface area contributed by atoms with Crippen molar-refractivity contribution in [2.45, 2.75) is 19.9 Å².